The molecule has 9 heteroatoms. The van der Waals surface area contributed by atoms with Crippen molar-refractivity contribution in [2.24, 2.45) is 5.14 Å². The Bertz CT molecular complexity index is 811. The molecule has 6 nitrogen and oxygen atoms in total. The number of rotatable bonds is 3. The lowest BCUT2D eigenvalue weighted by Crippen LogP contribution is -2.15. The van der Waals surface area contributed by atoms with Gasteiger partial charge >= 0.3 is 0 Å². The molecule has 0 radical (unpaired) electrons. The Balaban J connectivity index is 2.34. The monoisotopic (exact) mass is 329 g/mol. The second-order valence-corrected chi connectivity index (χ2v) is 6.00. The number of nitrogens with zero attached hydrogens (tertiary/aromatic N) is 1. The fraction of sp³-hybridized carbons (Fsp3) is 0. The Morgan fingerprint density at radius 1 is 1.33 bits per heavy atom. The van der Waals surface area contributed by atoms with Crippen LogP contribution in [0.3, 0.4) is 0 Å². The summed E-state index contributed by atoms with van der Waals surface area (Å²) in [7, 11) is -4.08. The smallest absolute Gasteiger partial charge is 0.257 e. The molecule has 3 N–H and O–H groups in total. The Kier molecular flexibility index (Phi) is 4.21. The molecule has 0 saturated heterocycles. The topological polar surface area (TPSA) is 102 Å². The van der Waals surface area contributed by atoms with Gasteiger partial charge in [-0.1, -0.05) is 11.6 Å². The van der Waals surface area contributed by atoms with Gasteiger partial charge in [-0.2, -0.15) is 0 Å². The standard InChI is InChI=1S/C12H9ClFN3O3S/c13-11-6-16-2-1-10(11)12(18)17-8-3-7(14)4-9(5-8)21(15,19)20/h1-6H,(H,17,18)(H2,15,19,20). The molecule has 0 aliphatic heterocycles. The van der Waals surface area contributed by atoms with Crippen molar-refractivity contribution in [2.45, 2.75) is 4.90 Å². The molecule has 21 heavy (non-hydrogen) atoms. The molecule has 0 aliphatic carbocycles. The Labute approximate surface area is 124 Å². The van der Waals surface area contributed by atoms with Gasteiger partial charge in [0.15, 0.2) is 0 Å². The van der Waals surface area contributed by atoms with Gasteiger partial charge in [-0.15, -0.1) is 0 Å². The summed E-state index contributed by atoms with van der Waals surface area (Å²) in [4.78, 5) is 15.3. The predicted octanol–water partition coefficient (Wildman–Crippen LogP) is 1.77. The second kappa shape index (κ2) is 5.76. The van der Waals surface area contributed by atoms with E-state index in [1.807, 2.05) is 0 Å². The molecule has 0 aliphatic rings. The number of nitrogens with one attached hydrogen (secondary N) is 1. The molecule has 1 aromatic heterocycles. The highest BCUT2D eigenvalue weighted by Crippen LogP contribution is 2.20. The maximum Gasteiger partial charge on any atom is 0.257 e. The van der Waals surface area contributed by atoms with Crippen LogP contribution in [0.15, 0.2) is 41.6 Å². The Hall–Kier alpha value is -2.03. The zero-order chi connectivity index (χ0) is 15.6. The number of amides is 1. The van der Waals surface area contributed by atoms with E-state index in [1.165, 1.54) is 18.5 Å². The molecule has 0 spiro atoms. The van der Waals surface area contributed by atoms with Crippen LogP contribution in [0.4, 0.5) is 10.1 Å². The van der Waals surface area contributed by atoms with Crippen molar-refractivity contribution < 1.29 is 17.6 Å². The molecule has 1 heterocycles. The van der Waals surface area contributed by atoms with Crippen LogP contribution in [0.2, 0.25) is 5.02 Å². The number of sulfonamides is 1. The van der Waals surface area contributed by atoms with E-state index in [0.29, 0.717) is 0 Å². The molecule has 0 saturated carbocycles. The predicted molar refractivity (Wildman–Crippen MR) is 75.0 cm³/mol. The van der Waals surface area contributed by atoms with Gasteiger partial charge in [-0.25, -0.2) is 17.9 Å². The van der Waals surface area contributed by atoms with E-state index in [9.17, 15) is 17.6 Å². The molecular formula is C12H9ClFN3O3S. The summed E-state index contributed by atoms with van der Waals surface area (Å²) in [5.74, 6) is -1.48. The van der Waals surface area contributed by atoms with E-state index in [-0.39, 0.29) is 16.3 Å². The number of carbonyl (C=O) groups excluding carboxylic acids is 1. The van der Waals surface area contributed by atoms with Crippen molar-refractivity contribution in [3.63, 3.8) is 0 Å². The van der Waals surface area contributed by atoms with Gasteiger partial charge in [0, 0.05) is 18.1 Å². The molecule has 0 bridgehead atoms. The van der Waals surface area contributed by atoms with Crippen LogP contribution < -0.4 is 10.5 Å². The van der Waals surface area contributed by atoms with Crippen molar-refractivity contribution in [3.05, 3.63) is 53.1 Å². The third-order valence-electron chi connectivity index (χ3n) is 2.47. The largest absolute Gasteiger partial charge is 0.322 e. The van der Waals surface area contributed by atoms with Gasteiger partial charge in [0.2, 0.25) is 10.0 Å². The zero-order valence-corrected chi connectivity index (χ0v) is 12.0. The highest BCUT2D eigenvalue weighted by Gasteiger charge is 2.14. The molecule has 1 amide bonds. The number of pyridine rings is 1. The number of primary sulfonamides is 1. The number of halogens is 2. The van der Waals surface area contributed by atoms with Crippen molar-refractivity contribution >= 4 is 33.2 Å². The molecule has 2 aromatic rings. The van der Waals surface area contributed by atoms with Crippen LogP contribution in [0, 0.1) is 5.82 Å². The van der Waals surface area contributed by atoms with Gasteiger partial charge in [-0.3, -0.25) is 9.78 Å². The number of nitrogens with two attached hydrogens (primary N) is 1. The molecule has 0 fully saturated rings. The summed E-state index contributed by atoms with van der Waals surface area (Å²) >= 11 is 5.81. The van der Waals surface area contributed by atoms with Crippen molar-refractivity contribution in [1.82, 2.24) is 4.98 Å². The summed E-state index contributed by atoms with van der Waals surface area (Å²) in [5, 5.41) is 7.37. The maximum atomic E-state index is 13.4. The summed E-state index contributed by atoms with van der Waals surface area (Å²) in [6.45, 7) is 0. The number of anilines is 1. The van der Waals surface area contributed by atoms with E-state index in [1.54, 1.807) is 0 Å². The molecular weight excluding hydrogens is 321 g/mol. The van der Waals surface area contributed by atoms with Gasteiger partial charge in [0.1, 0.15) is 5.82 Å². The highest BCUT2D eigenvalue weighted by atomic mass is 35.5. The first kappa shape index (κ1) is 15.4. The van der Waals surface area contributed by atoms with Crippen LogP contribution in [0.25, 0.3) is 0 Å². The first-order valence-corrected chi connectivity index (χ1v) is 7.44. The minimum Gasteiger partial charge on any atom is -0.322 e. The Morgan fingerprint density at radius 2 is 2.05 bits per heavy atom. The van der Waals surface area contributed by atoms with Crippen LogP contribution >= 0.6 is 11.6 Å². The molecule has 2 rings (SSSR count). The number of aromatic nitrogens is 1. The van der Waals surface area contributed by atoms with Crippen LogP contribution in [0.5, 0.6) is 0 Å². The summed E-state index contributed by atoms with van der Waals surface area (Å²) in [6, 6.07) is 4.13. The molecule has 0 atom stereocenters. The van der Waals surface area contributed by atoms with E-state index in [0.717, 1.165) is 18.2 Å². The molecule has 0 unspecified atom stereocenters. The van der Waals surface area contributed by atoms with E-state index in [4.69, 9.17) is 16.7 Å². The number of hydrogen-bond donors (Lipinski definition) is 2. The summed E-state index contributed by atoms with van der Waals surface area (Å²) in [5.41, 5.74) is 0.0602. The van der Waals surface area contributed by atoms with E-state index in [2.05, 4.69) is 10.3 Å². The molecule has 1 aromatic carbocycles. The van der Waals surface area contributed by atoms with Crippen LogP contribution in [0.1, 0.15) is 10.4 Å². The summed E-state index contributed by atoms with van der Waals surface area (Å²) < 4.78 is 35.8. The fourth-order valence-corrected chi connectivity index (χ4v) is 2.33. The van der Waals surface area contributed by atoms with Crippen LogP contribution in [-0.2, 0) is 10.0 Å². The first-order valence-electron chi connectivity index (χ1n) is 5.51. The summed E-state index contributed by atoms with van der Waals surface area (Å²) in [6.07, 6.45) is 2.64. The average molecular weight is 330 g/mol. The SMILES string of the molecule is NS(=O)(=O)c1cc(F)cc(NC(=O)c2ccncc2Cl)c1. The van der Waals surface area contributed by atoms with Gasteiger partial charge < -0.3 is 5.32 Å². The third kappa shape index (κ3) is 3.75. The van der Waals surface area contributed by atoms with E-state index < -0.39 is 26.6 Å². The Morgan fingerprint density at radius 3 is 2.67 bits per heavy atom. The minimum atomic E-state index is -4.08. The fourth-order valence-electron chi connectivity index (χ4n) is 1.56. The van der Waals surface area contributed by atoms with Crippen molar-refractivity contribution in [3.8, 4) is 0 Å². The first-order chi connectivity index (χ1) is 9.77. The second-order valence-electron chi connectivity index (χ2n) is 4.03. The third-order valence-corrected chi connectivity index (χ3v) is 3.67. The lowest BCUT2D eigenvalue weighted by Gasteiger charge is -2.08. The highest BCUT2D eigenvalue weighted by molar-refractivity contribution is 7.89. The normalized spacial score (nSPS) is 11.2. The lowest BCUT2D eigenvalue weighted by atomic mass is 10.2. The zero-order valence-electron chi connectivity index (χ0n) is 10.4. The van der Waals surface area contributed by atoms with Crippen molar-refractivity contribution in [1.29, 1.82) is 0 Å². The quantitative estimate of drug-likeness (QED) is 0.895. The van der Waals surface area contributed by atoms with E-state index >= 15 is 0 Å². The van der Waals surface area contributed by atoms with Crippen LogP contribution in [-0.4, -0.2) is 19.3 Å². The number of carbonyl (C=O) groups is 1. The number of benzene rings is 1. The average Bonchev–Trinajstić information content (AvgIpc) is 2.37. The molecule has 110 valence electrons. The van der Waals surface area contributed by atoms with Gasteiger partial charge in [-0.05, 0) is 24.3 Å². The van der Waals surface area contributed by atoms with Gasteiger partial charge in [0.05, 0.1) is 15.5 Å². The number of hydrogen-bond acceptors (Lipinski definition) is 4. The lowest BCUT2D eigenvalue weighted by molar-refractivity contribution is 0.102. The van der Waals surface area contributed by atoms with Crippen molar-refractivity contribution in [2.75, 3.05) is 5.32 Å². The minimum absolute atomic E-state index is 0.0584. The van der Waals surface area contributed by atoms with Gasteiger partial charge in [0.25, 0.3) is 5.91 Å². The maximum absolute atomic E-state index is 13.4.